The molecule has 0 aliphatic rings. The van der Waals surface area contributed by atoms with Crippen molar-refractivity contribution >= 4 is 11.6 Å². The highest BCUT2D eigenvalue weighted by atomic mass is 35.5. The molecule has 1 aromatic heterocycles. The molecule has 90 valence electrons. The van der Waals surface area contributed by atoms with Crippen molar-refractivity contribution in [3.8, 4) is 11.3 Å². The second kappa shape index (κ2) is 4.49. The van der Waals surface area contributed by atoms with Gasteiger partial charge in [-0.05, 0) is 44.5 Å². The van der Waals surface area contributed by atoms with E-state index in [-0.39, 0.29) is 11.9 Å². The number of nitrogens with zero attached hydrogens (tertiary/aromatic N) is 2. The first-order valence-corrected chi connectivity index (χ1v) is 5.88. The Morgan fingerprint density at radius 1 is 1.35 bits per heavy atom. The third-order valence-electron chi connectivity index (χ3n) is 2.63. The molecular weight excluding hydrogens is 239 g/mol. The van der Waals surface area contributed by atoms with Crippen molar-refractivity contribution in [3.63, 3.8) is 0 Å². The molecule has 0 aliphatic heterocycles. The average molecular weight is 253 g/mol. The number of rotatable bonds is 2. The smallest absolute Gasteiger partial charge is 0.134 e. The SMILES string of the molecule is Cc1cn(C(C)C)nc1-c1ccc(Cl)cc1F. The van der Waals surface area contributed by atoms with Gasteiger partial charge in [0.25, 0.3) is 0 Å². The van der Waals surface area contributed by atoms with Crippen molar-refractivity contribution in [3.05, 3.63) is 40.8 Å². The topological polar surface area (TPSA) is 17.8 Å². The van der Waals surface area contributed by atoms with E-state index in [1.54, 1.807) is 12.1 Å². The van der Waals surface area contributed by atoms with E-state index in [4.69, 9.17) is 11.6 Å². The van der Waals surface area contributed by atoms with Gasteiger partial charge in [0.1, 0.15) is 5.82 Å². The van der Waals surface area contributed by atoms with Gasteiger partial charge in [-0.25, -0.2) is 4.39 Å². The van der Waals surface area contributed by atoms with E-state index in [0.717, 1.165) is 5.56 Å². The highest BCUT2D eigenvalue weighted by Gasteiger charge is 2.13. The van der Waals surface area contributed by atoms with Gasteiger partial charge in [0.15, 0.2) is 0 Å². The largest absolute Gasteiger partial charge is 0.269 e. The van der Waals surface area contributed by atoms with Gasteiger partial charge < -0.3 is 0 Å². The lowest BCUT2D eigenvalue weighted by Gasteiger charge is -2.04. The minimum atomic E-state index is -0.338. The molecule has 2 rings (SSSR count). The molecule has 0 saturated heterocycles. The first-order valence-electron chi connectivity index (χ1n) is 5.50. The molecule has 2 nitrogen and oxygen atoms in total. The van der Waals surface area contributed by atoms with Crippen LogP contribution in [0.4, 0.5) is 4.39 Å². The Hall–Kier alpha value is -1.35. The molecule has 1 aromatic carbocycles. The van der Waals surface area contributed by atoms with Gasteiger partial charge in [0.05, 0.1) is 5.69 Å². The zero-order chi connectivity index (χ0) is 12.6. The molecule has 0 bridgehead atoms. The molecule has 0 spiro atoms. The fourth-order valence-corrected chi connectivity index (χ4v) is 1.85. The fourth-order valence-electron chi connectivity index (χ4n) is 1.70. The molecule has 0 atom stereocenters. The van der Waals surface area contributed by atoms with Crippen LogP contribution in [0.1, 0.15) is 25.5 Å². The van der Waals surface area contributed by atoms with E-state index in [2.05, 4.69) is 5.10 Å². The first-order chi connectivity index (χ1) is 7.99. The molecule has 4 heteroatoms. The normalized spacial score (nSPS) is 11.2. The van der Waals surface area contributed by atoms with Crippen LogP contribution in [0.25, 0.3) is 11.3 Å². The maximum Gasteiger partial charge on any atom is 0.134 e. The Kier molecular flexibility index (Phi) is 3.20. The minimum absolute atomic E-state index is 0.262. The van der Waals surface area contributed by atoms with Crippen molar-refractivity contribution in [1.29, 1.82) is 0 Å². The van der Waals surface area contributed by atoms with E-state index in [0.29, 0.717) is 16.3 Å². The summed E-state index contributed by atoms with van der Waals surface area (Å²) in [5.74, 6) is -0.338. The molecular formula is C13H14ClFN2. The van der Waals surface area contributed by atoms with Crippen molar-refractivity contribution in [2.45, 2.75) is 26.8 Å². The highest BCUT2D eigenvalue weighted by Crippen LogP contribution is 2.27. The number of halogens is 2. The Morgan fingerprint density at radius 2 is 2.06 bits per heavy atom. The predicted molar refractivity (Wildman–Crippen MR) is 67.8 cm³/mol. The van der Waals surface area contributed by atoms with Gasteiger partial charge in [-0.1, -0.05) is 11.6 Å². The maximum absolute atomic E-state index is 13.8. The third kappa shape index (κ3) is 2.34. The van der Waals surface area contributed by atoms with Gasteiger partial charge in [0.2, 0.25) is 0 Å². The average Bonchev–Trinajstić information content (AvgIpc) is 2.61. The lowest BCUT2D eigenvalue weighted by atomic mass is 10.1. The second-order valence-corrected chi connectivity index (χ2v) is 4.80. The Bertz CT molecular complexity index is 546. The van der Waals surface area contributed by atoms with Crippen LogP contribution >= 0.6 is 11.6 Å². The summed E-state index contributed by atoms with van der Waals surface area (Å²) in [5, 5.41) is 4.80. The van der Waals surface area contributed by atoms with E-state index in [1.165, 1.54) is 6.07 Å². The molecule has 0 N–H and O–H groups in total. The number of hydrogen-bond donors (Lipinski definition) is 0. The third-order valence-corrected chi connectivity index (χ3v) is 2.87. The van der Waals surface area contributed by atoms with Crippen molar-refractivity contribution < 1.29 is 4.39 Å². The molecule has 0 unspecified atom stereocenters. The van der Waals surface area contributed by atoms with Crippen molar-refractivity contribution in [1.82, 2.24) is 9.78 Å². The summed E-state index contributed by atoms with van der Waals surface area (Å²) < 4.78 is 15.6. The molecule has 0 radical (unpaired) electrons. The number of aryl methyl sites for hydroxylation is 1. The van der Waals surface area contributed by atoms with Gasteiger partial charge in [-0.2, -0.15) is 5.10 Å². The zero-order valence-corrected chi connectivity index (χ0v) is 10.8. The Morgan fingerprint density at radius 3 is 2.59 bits per heavy atom. The van der Waals surface area contributed by atoms with Crippen LogP contribution in [-0.4, -0.2) is 9.78 Å². The number of benzene rings is 1. The van der Waals surface area contributed by atoms with E-state index in [1.807, 2.05) is 31.6 Å². The fraction of sp³-hybridized carbons (Fsp3) is 0.308. The molecule has 1 heterocycles. The standard InChI is InChI=1S/C13H14ClFN2/c1-8(2)17-7-9(3)13(16-17)11-5-4-10(14)6-12(11)15/h4-8H,1-3H3. The zero-order valence-electron chi connectivity index (χ0n) is 10.0. The lowest BCUT2D eigenvalue weighted by Crippen LogP contribution is -2.01. The lowest BCUT2D eigenvalue weighted by molar-refractivity contribution is 0.533. The summed E-state index contributed by atoms with van der Waals surface area (Å²) >= 11 is 5.73. The molecule has 0 amide bonds. The molecule has 0 aliphatic carbocycles. The predicted octanol–water partition coefficient (Wildman–Crippen LogP) is 4.23. The maximum atomic E-state index is 13.8. The summed E-state index contributed by atoms with van der Waals surface area (Å²) in [4.78, 5) is 0. The Balaban J connectivity index is 2.52. The van der Waals surface area contributed by atoms with Crippen LogP contribution < -0.4 is 0 Å². The van der Waals surface area contributed by atoms with Gasteiger partial charge in [0, 0.05) is 22.8 Å². The van der Waals surface area contributed by atoms with Crippen LogP contribution in [0.2, 0.25) is 5.02 Å². The molecule has 17 heavy (non-hydrogen) atoms. The van der Waals surface area contributed by atoms with E-state index >= 15 is 0 Å². The molecule has 2 aromatic rings. The quantitative estimate of drug-likeness (QED) is 0.782. The summed E-state index contributed by atoms with van der Waals surface area (Å²) in [6.45, 7) is 6.00. The van der Waals surface area contributed by atoms with Gasteiger partial charge in [-0.15, -0.1) is 0 Å². The van der Waals surface area contributed by atoms with Crippen molar-refractivity contribution in [2.24, 2.45) is 0 Å². The molecule has 0 fully saturated rings. The highest BCUT2D eigenvalue weighted by molar-refractivity contribution is 6.30. The van der Waals surface area contributed by atoms with Crippen LogP contribution in [0, 0.1) is 12.7 Å². The first kappa shape index (κ1) is 12.1. The monoisotopic (exact) mass is 252 g/mol. The number of aromatic nitrogens is 2. The minimum Gasteiger partial charge on any atom is -0.269 e. The van der Waals surface area contributed by atoms with Crippen LogP contribution in [0.15, 0.2) is 24.4 Å². The summed E-state index contributed by atoms with van der Waals surface area (Å²) in [5.41, 5.74) is 2.12. The van der Waals surface area contributed by atoms with Crippen LogP contribution in [-0.2, 0) is 0 Å². The van der Waals surface area contributed by atoms with Gasteiger partial charge >= 0.3 is 0 Å². The van der Waals surface area contributed by atoms with Gasteiger partial charge in [-0.3, -0.25) is 4.68 Å². The van der Waals surface area contributed by atoms with Crippen LogP contribution in [0.3, 0.4) is 0 Å². The summed E-state index contributed by atoms with van der Waals surface area (Å²) in [7, 11) is 0. The number of hydrogen-bond acceptors (Lipinski definition) is 1. The van der Waals surface area contributed by atoms with Crippen LogP contribution in [0.5, 0.6) is 0 Å². The van der Waals surface area contributed by atoms with E-state index < -0.39 is 0 Å². The van der Waals surface area contributed by atoms with Crippen molar-refractivity contribution in [2.75, 3.05) is 0 Å². The Labute approximate surface area is 105 Å². The van der Waals surface area contributed by atoms with E-state index in [9.17, 15) is 4.39 Å². The summed E-state index contributed by atoms with van der Waals surface area (Å²) in [6, 6.07) is 4.91. The summed E-state index contributed by atoms with van der Waals surface area (Å²) in [6.07, 6.45) is 1.92. The second-order valence-electron chi connectivity index (χ2n) is 4.36. The molecule has 0 saturated carbocycles.